The zero-order valence-electron chi connectivity index (χ0n) is 13.4. The molecule has 0 saturated heterocycles. The molecule has 1 amide bonds. The third kappa shape index (κ3) is 3.68. The third-order valence-corrected chi connectivity index (χ3v) is 4.86. The Labute approximate surface area is 144 Å². The fraction of sp³-hybridized carbons (Fsp3) is 0.211. The first-order chi connectivity index (χ1) is 11.6. The summed E-state index contributed by atoms with van der Waals surface area (Å²) in [4.78, 5) is 30.5. The number of hydrogen-bond donors (Lipinski definition) is 0. The summed E-state index contributed by atoms with van der Waals surface area (Å²) in [6.45, 7) is 0.454. The Hall–Kier alpha value is -2.53. The highest BCUT2D eigenvalue weighted by Gasteiger charge is 2.16. The molecular formula is C19H18N2O2S. The Bertz CT molecular complexity index is 858. The summed E-state index contributed by atoms with van der Waals surface area (Å²) >= 11 is 1.56. The Morgan fingerprint density at radius 3 is 2.67 bits per heavy atom. The topological polar surface area (TPSA) is 50.3 Å². The minimum absolute atomic E-state index is 0.0204. The second-order valence-corrected chi connectivity index (χ2v) is 6.55. The molecule has 0 fully saturated rings. The zero-order chi connectivity index (χ0) is 16.9. The Morgan fingerprint density at radius 2 is 1.88 bits per heavy atom. The number of Topliss-reactive ketones (excluding diaryl/α,β-unsaturated/α-hetero) is 1. The summed E-state index contributed by atoms with van der Waals surface area (Å²) in [6.07, 6.45) is 2.15. The van der Waals surface area contributed by atoms with Crippen LogP contribution >= 0.6 is 11.3 Å². The van der Waals surface area contributed by atoms with Gasteiger partial charge in [0.2, 0.25) is 5.91 Å². The molecule has 4 nitrogen and oxygen atoms in total. The number of nitrogens with zero attached hydrogens (tertiary/aromatic N) is 2. The number of aromatic nitrogens is 1. The maximum absolute atomic E-state index is 12.4. The van der Waals surface area contributed by atoms with Gasteiger partial charge in [0, 0.05) is 47.1 Å². The molecular weight excluding hydrogens is 320 g/mol. The van der Waals surface area contributed by atoms with Crippen LogP contribution in [0.4, 0.5) is 0 Å². The van der Waals surface area contributed by atoms with Crippen LogP contribution in [0.25, 0.3) is 10.1 Å². The van der Waals surface area contributed by atoms with Gasteiger partial charge in [0.25, 0.3) is 0 Å². The van der Waals surface area contributed by atoms with Crippen LogP contribution in [0.3, 0.4) is 0 Å². The first-order valence-corrected chi connectivity index (χ1v) is 8.66. The SMILES string of the molecule is CN(Cc1ccccn1)C(=O)CCC(=O)c1csc2ccccc12. The lowest BCUT2D eigenvalue weighted by molar-refractivity contribution is -0.130. The fourth-order valence-corrected chi connectivity index (χ4v) is 3.53. The second-order valence-electron chi connectivity index (χ2n) is 5.64. The average Bonchev–Trinajstić information content (AvgIpc) is 3.04. The number of pyridine rings is 1. The molecule has 24 heavy (non-hydrogen) atoms. The standard InChI is InChI=1S/C19H18N2O2S/c1-21(12-14-6-4-5-11-20-14)19(23)10-9-17(22)16-13-24-18-8-3-2-7-15(16)18/h2-8,11,13H,9-10,12H2,1H3. The lowest BCUT2D eigenvalue weighted by atomic mass is 10.1. The minimum Gasteiger partial charge on any atom is -0.340 e. The molecule has 0 aliphatic heterocycles. The fourth-order valence-electron chi connectivity index (χ4n) is 2.56. The molecule has 5 heteroatoms. The predicted molar refractivity (Wildman–Crippen MR) is 96.1 cm³/mol. The molecule has 0 radical (unpaired) electrons. The maximum atomic E-state index is 12.4. The van der Waals surface area contributed by atoms with E-state index in [2.05, 4.69) is 4.98 Å². The monoisotopic (exact) mass is 338 g/mol. The third-order valence-electron chi connectivity index (χ3n) is 3.90. The Morgan fingerprint density at radius 1 is 1.08 bits per heavy atom. The van der Waals surface area contributed by atoms with Gasteiger partial charge in [0.05, 0.1) is 12.2 Å². The summed E-state index contributed by atoms with van der Waals surface area (Å²) in [7, 11) is 1.74. The zero-order valence-corrected chi connectivity index (χ0v) is 14.3. The van der Waals surface area contributed by atoms with Gasteiger partial charge in [-0.3, -0.25) is 14.6 Å². The van der Waals surface area contributed by atoms with Crippen molar-refractivity contribution in [2.24, 2.45) is 0 Å². The average molecular weight is 338 g/mol. The Kier molecular flexibility index (Phi) is 5.01. The smallest absolute Gasteiger partial charge is 0.223 e. The highest BCUT2D eigenvalue weighted by molar-refractivity contribution is 7.17. The molecule has 0 bridgehead atoms. The highest BCUT2D eigenvalue weighted by Crippen LogP contribution is 2.26. The molecule has 0 aliphatic rings. The summed E-state index contributed by atoms with van der Waals surface area (Å²) < 4.78 is 1.10. The predicted octanol–water partition coefficient (Wildman–Crippen LogP) is 3.92. The lowest BCUT2D eigenvalue weighted by Gasteiger charge is -2.16. The normalized spacial score (nSPS) is 10.7. The van der Waals surface area contributed by atoms with Crippen LogP contribution < -0.4 is 0 Å². The van der Waals surface area contributed by atoms with Gasteiger partial charge in [-0.2, -0.15) is 0 Å². The van der Waals surface area contributed by atoms with Crippen molar-refractivity contribution in [2.75, 3.05) is 7.05 Å². The van der Waals surface area contributed by atoms with E-state index in [0.717, 1.165) is 21.3 Å². The molecule has 0 spiro atoms. The van der Waals surface area contributed by atoms with Crippen molar-refractivity contribution in [3.63, 3.8) is 0 Å². The first-order valence-electron chi connectivity index (χ1n) is 7.78. The van der Waals surface area contributed by atoms with E-state index in [-0.39, 0.29) is 24.5 Å². The Balaban J connectivity index is 1.58. The van der Waals surface area contributed by atoms with E-state index in [9.17, 15) is 9.59 Å². The van der Waals surface area contributed by atoms with Gasteiger partial charge >= 0.3 is 0 Å². The molecule has 122 valence electrons. The van der Waals surface area contributed by atoms with Crippen LogP contribution in [0.1, 0.15) is 28.9 Å². The molecule has 0 aliphatic carbocycles. The molecule has 1 aromatic carbocycles. The van der Waals surface area contributed by atoms with Gasteiger partial charge in [-0.15, -0.1) is 11.3 Å². The summed E-state index contributed by atoms with van der Waals surface area (Å²) in [6, 6.07) is 13.5. The van der Waals surface area contributed by atoms with Crippen LogP contribution in [-0.4, -0.2) is 28.6 Å². The van der Waals surface area contributed by atoms with Crippen LogP contribution in [0.5, 0.6) is 0 Å². The molecule has 0 saturated carbocycles. The molecule has 3 rings (SSSR count). The number of rotatable bonds is 6. The van der Waals surface area contributed by atoms with Gasteiger partial charge in [-0.25, -0.2) is 0 Å². The van der Waals surface area contributed by atoms with Crippen molar-refractivity contribution in [1.82, 2.24) is 9.88 Å². The van der Waals surface area contributed by atoms with Crippen molar-refractivity contribution in [1.29, 1.82) is 0 Å². The van der Waals surface area contributed by atoms with E-state index in [1.165, 1.54) is 0 Å². The summed E-state index contributed by atoms with van der Waals surface area (Å²) in [5.74, 6) is -0.0272. The van der Waals surface area contributed by atoms with Crippen molar-refractivity contribution in [2.45, 2.75) is 19.4 Å². The van der Waals surface area contributed by atoms with E-state index in [1.54, 1.807) is 29.5 Å². The summed E-state index contributed by atoms with van der Waals surface area (Å²) in [5.41, 5.74) is 1.55. The molecule has 0 unspecified atom stereocenters. The second kappa shape index (κ2) is 7.36. The van der Waals surface area contributed by atoms with E-state index in [4.69, 9.17) is 0 Å². The van der Waals surface area contributed by atoms with Gasteiger partial charge in [-0.1, -0.05) is 24.3 Å². The number of ketones is 1. The van der Waals surface area contributed by atoms with Gasteiger partial charge in [-0.05, 0) is 18.2 Å². The van der Waals surface area contributed by atoms with Crippen molar-refractivity contribution >= 4 is 33.1 Å². The lowest BCUT2D eigenvalue weighted by Crippen LogP contribution is -2.26. The van der Waals surface area contributed by atoms with Crippen LogP contribution in [0.2, 0.25) is 0 Å². The quantitative estimate of drug-likeness (QED) is 0.640. The number of thiophene rings is 1. The van der Waals surface area contributed by atoms with Gasteiger partial charge < -0.3 is 4.90 Å². The molecule has 0 N–H and O–H groups in total. The van der Waals surface area contributed by atoms with Crippen molar-refractivity contribution in [3.8, 4) is 0 Å². The van der Waals surface area contributed by atoms with E-state index >= 15 is 0 Å². The van der Waals surface area contributed by atoms with E-state index in [1.807, 2.05) is 47.8 Å². The van der Waals surface area contributed by atoms with E-state index in [0.29, 0.717) is 6.54 Å². The highest BCUT2D eigenvalue weighted by atomic mass is 32.1. The van der Waals surface area contributed by atoms with Crippen molar-refractivity contribution < 1.29 is 9.59 Å². The number of hydrogen-bond acceptors (Lipinski definition) is 4. The number of carbonyl (C=O) groups is 2. The minimum atomic E-state index is -0.0476. The molecule has 3 aromatic rings. The van der Waals surface area contributed by atoms with Crippen LogP contribution in [0, 0.1) is 0 Å². The van der Waals surface area contributed by atoms with E-state index < -0.39 is 0 Å². The largest absolute Gasteiger partial charge is 0.340 e. The van der Waals surface area contributed by atoms with Crippen LogP contribution in [-0.2, 0) is 11.3 Å². The molecule has 2 heterocycles. The summed E-state index contributed by atoms with van der Waals surface area (Å²) in [5, 5.41) is 2.86. The number of amides is 1. The molecule has 2 aromatic heterocycles. The van der Waals surface area contributed by atoms with Crippen molar-refractivity contribution in [3.05, 3.63) is 65.3 Å². The molecule has 0 atom stereocenters. The number of fused-ring (bicyclic) bond motifs is 1. The van der Waals surface area contributed by atoms with Gasteiger partial charge in [0.1, 0.15) is 0 Å². The first kappa shape index (κ1) is 16.3. The maximum Gasteiger partial charge on any atom is 0.223 e. The van der Waals surface area contributed by atoms with Gasteiger partial charge in [0.15, 0.2) is 5.78 Å². The number of benzene rings is 1. The number of carbonyl (C=O) groups excluding carboxylic acids is 2. The van der Waals surface area contributed by atoms with Crippen LogP contribution in [0.15, 0.2) is 54.0 Å².